The lowest BCUT2D eigenvalue weighted by molar-refractivity contribution is 0.0952. The van der Waals surface area contributed by atoms with E-state index < -0.39 is 0 Å². The third-order valence-electron chi connectivity index (χ3n) is 3.63. The first-order valence-electron chi connectivity index (χ1n) is 7.92. The summed E-state index contributed by atoms with van der Waals surface area (Å²) < 4.78 is 1.68. The van der Waals surface area contributed by atoms with Crippen molar-refractivity contribution in [3.05, 3.63) is 70.9 Å². The lowest BCUT2D eigenvalue weighted by Crippen LogP contribution is -2.24. The largest absolute Gasteiger partial charge is 0.348 e. The summed E-state index contributed by atoms with van der Waals surface area (Å²) in [5.74, 6) is -0.550. The maximum absolute atomic E-state index is 12.4. The fourth-order valence-electron chi connectivity index (χ4n) is 2.28. The zero-order valence-corrected chi connectivity index (χ0v) is 14.5. The van der Waals surface area contributed by atoms with E-state index in [4.69, 9.17) is 0 Å². The number of amides is 2. The Hall–Kier alpha value is -2.93. The Bertz CT molecular complexity index is 870. The summed E-state index contributed by atoms with van der Waals surface area (Å²) >= 11 is 1.31. The molecule has 2 N–H and O–H groups in total. The van der Waals surface area contributed by atoms with Crippen molar-refractivity contribution in [2.75, 3.05) is 5.32 Å². The molecule has 3 aromatic rings. The van der Waals surface area contributed by atoms with Gasteiger partial charge in [-0.15, -0.1) is 11.3 Å². The number of anilines is 1. The van der Waals surface area contributed by atoms with Crippen molar-refractivity contribution >= 4 is 28.2 Å². The van der Waals surface area contributed by atoms with Crippen molar-refractivity contribution in [2.24, 2.45) is 0 Å². The minimum absolute atomic E-state index is 0.223. The summed E-state index contributed by atoms with van der Waals surface area (Å²) in [6.07, 6.45) is 1.75. The van der Waals surface area contributed by atoms with Gasteiger partial charge in [-0.05, 0) is 30.0 Å². The van der Waals surface area contributed by atoms with Gasteiger partial charge in [0, 0.05) is 19.3 Å². The minimum Gasteiger partial charge on any atom is -0.348 e. The lowest BCUT2D eigenvalue weighted by Gasteiger charge is -2.07. The molecule has 0 spiro atoms. The van der Waals surface area contributed by atoms with E-state index in [9.17, 15) is 9.59 Å². The average molecular weight is 354 g/mol. The van der Waals surface area contributed by atoms with Gasteiger partial charge in [-0.1, -0.05) is 30.3 Å². The van der Waals surface area contributed by atoms with Crippen LogP contribution < -0.4 is 10.6 Å². The predicted molar refractivity (Wildman–Crippen MR) is 97.8 cm³/mol. The fraction of sp³-hybridized carbons (Fsp3) is 0.167. The van der Waals surface area contributed by atoms with E-state index >= 15 is 0 Å². The Morgan fingerprint density at radius 3 is 2.64 bits per heavy atom. The van der Waals surface area contributed by atoms with Crippen LogP contribution in [0.4, 0.5) is 5.00 Å². The van der Waals surface area contributed by atoms with Gasteiger partial charge in [0.25, 0.3) is 11.8 Å². The zero-order valence-electron chi connectivity index (χ0n) is 13.7. The fourth-order valence-corrected chi connectivity index (χ4v) is 3.06. The van der Waals surface area contributed by atoms with E-state index in [2.05, 4.69) is 15.7 Å². The third-order valence-corrected chi connectivity index (χ3v) is 4.46. The van der Waals surface area contributed by atoms with Crippen LogP contribution in [0.3, 0.4) is 0 Å². The standard InChI is InChI=1S/C18H18N4O2S/c1-2-22-10-8-15(21-22)17(24)20-18-14(9-11-25-18)16(23)19-12-13-6-4-3-5-7-13/h3-11H,2,12H2,1H3,(H,19,23)(H,20,24). The van der Waals surface area contributed by atoms with Crippen molar-refractivity contribution in [2.45, 2.75) is 20.0 Å². The lowest BCUT2D eigenvalue weighted by atomic mass is 10.2. The molecule has 2 aromatic heterocycles. The van der Waals surface area contributed by atoms with Crippen LogP contribution in [0, 0.1) is 0 Å². The number of hydrogen-bond donors (Lipinski definition) is 2. The number of hydrogen-bond acceptors (Lipinski definition) is 4. The average Bonchev–Trinajstić information content (AvgIpc) is 3.29. The third kappa shape index (κ3) is 4.13. The van der Waals surface area contributed by atoms with Crippen LogP contribution in [0.1, 0.15) is 33.3 Å². The van der Waals surface area contributed by atoms with Gasteiger partial charge >= 0.3 is 0 Å². The Balaban J connectivity index is 1.65. The maximum Gasteiger partial charge on any atom is 0.276 e. The molecule has 0 atom stereocenters. The van der Waals surface area contributed by atoms with Gasteiger partial charge in [0.05, 0.1) is 5.56 Å². The summed E-state index contributed by atoms with van der Waals surface area (Å²) in [5.41, 5.74) is 1.79. The molecule has 0 bridgehead atoms. The summed E-state index contributed by atoms with van der Waals surface area (Å²) in [5, 5.41) is 12.1. The molecule has 2 amide bonds. The number of carbonyl (C=O) groups is 2. The number of benzene rings is 1. The number of rotatable bonds is 6. The number of carbonyl (C=O) groups excluding carboxylic acids is 2. The molecule has 0 radical (unpaired) electrons. The second-order valence-corrected chi connectivity index (χ2v) is 6.26. The first-order chi connectivity index (χ1) is 12.2. The molecule has 3 rings (SSSR count). The summed E-state index contributed by atoms with van der Waals surface area (Å²) in [4.78, 5) is 24.7. The molecule has 0 aliphatic heterocycles. The molecule has 7 heteroatoms. The van der Waals surface area contributed by atoms with E-state index in [0.717, 1.165) is 5.56 Å². The van der Waals surface area contributed by atoms with Gasteiger partial charge < -0.3 is 10.6 Å². The highest BCUT2D eigenvalue weighted by atomic mass is 32.1. The Labute approximate surface area is 149 Å². The molecule has 25 heavy (non-hydrogen) atoms. The van der Waals surface area contributed by atoms with E-state index in [1.165, 1.54) is 11.3 Å². The van der Waals surface area contributed by atoms with Crippen LogP contribution in [-0.2, 0) is 13.1 Å². The molecule has 2 heterocycles. The number of aromatic nitrogens is 2. The highest BCUT2D eigenvalue weighted by Crippen LogP contribution is 2.23. The van der Waals surface area contributed by atoms with Crippen LogP contribution in [0.25, 0.3) is 0 Å². The Morgan fingerprint density at radius 2 is 1.92 bits per heavy atom. The summed E-state index contributed by atoms with van der Waals surface area (Å²) in [6, 6.07) is 13.0. The molecular weight excluding hydrogens is 336 g/mol. The minimum atomic E-state index is -0.327. The number of aryl methyl sites for hydroxylation is 1. The monoisotopic (exact) mass is 354 g/mol. The highest BCUT2D eigenvalue weighted by molar-refractivity contribution is 7.14. The molecule has 0 aliphatic rings. The summed E-state index contributed by atoms with van der Waals surface area (Å²) in [6.45, 7) is 3.08. The zero-order chi connectivity index (χ0) is 17.6. The van der Waals surface area contributed by atoms with E-state index in [1.807, 2.05) is 37.3 Å². The molecule has 0 unspecified atom stereocenters. The van der Waals surface area contributed by atoms with Gasteiger partial charge in [-0.3, -0.25) is 14.3 Å². The first kappa shape index (κ1) is 16.9. The Morgan fingerprint density at radius 1 is 1.12 bits per heavy atom. The molecule has 0 saturated heterocycles. The Kier molecular flexibility index (Phi) is 5.25. The van der Waals surface area contributed by atoms with E-state index in [0.29, 0.717) is 29.3 Å². The van der Waals surface area contributed by atoms with Gasteiger partial charge in [0.1, 0.15) is 5.00 Å². The molecule has 128 valence electrons. The second kappa shape index (κ2) is 7.76. The number of thiophene rings is 1. The van der Waals surface area contributed by atoms with Gasteiger partial charge in [0.2, 0.25) is 0 Å². The molecular formula is C18H18N4O2S. The van der Waals surface area contributed by atoms with Gasteiger partial charge in [-0.2, -0.15) is 5.10 Å². The van der Waals surface area contributed by atoms with Crippen LogP contribution in [0.15, 0.2) is 54.0 Å². The number of nitrogens with zero attached hydrogens (tertiary/aromatic N) is 2. The van der Waals surface area contributed by atoms with Crippen molar-refractivity contribution in [3.63, 3.8) is 0 Å². The van der Waals surface area contributed by atoms with Crippen LogP contribution in [0.2, 0.25) is 0 Å². The van der Waals surface area contributed by atoms with Crippen molar-refractivity contribution in [3.8, 4) is 0 Å². The molecule has 0 saturated carbocycles. The van der Waals surface area contributed by atoms with E-state index in [-0.39, 0.29) is 11.8 Å². The van der Waals surface area contributed by atoms with Crippen molar-refractivity contribution in [1.29, 1.82) is 0 Å². The van der Waals surface area contributed by atoms with Gasteiger partial charge in [-0.25, -0.2) is 0 Å². The first-order valence-corrected chi connectivity index (χ1v) is 8.79. The number of nitrogens with one attached hydrogen (secondary N) is 2. The van der Waals surface area contributed by atoms with Gasteiger partial charge in [0.15, 0.2) is 5.69 Å². The van der Waals surface area contributed by atoms with Crippen molar-refractivity contribution in [1.82, 2.24) is 15.1 Å². The molecule has 0 fully saturated rings. The maximum atomic E-state index is 12.4. The quantitative estimate of drug-likeness (QED) is 0.714. The van der Waals surface area contributed by atoms with Crippen LogP contribution in [-0.4, -0.2) is 21.6 Å². The van der Waals surface area contributed by atoms with Crippen LogP contribution in [0.5, 0.6) is 0 Å². The van der Waals surface area contributed by atoms with Crippen LogP contribution >= 0.6 is 11.3 Å². The summed E-state index contributed by atoms with van der Waals surface area (Å²) in [7, 11) is 0. The molecule has 6 nitrogen and oxygen atoms in total. The predicted octanol–water partition coefficient (Wildman–Crippen LogP) is 3.15. The topological polar surface area (TPSA) is 76.0 Å². The molecule has 0 aliphatic carbocycles. The normalized spacial score (nSPS) is 10.4. The highest BCUT2D eigenvalue weighted by Gasteiger charge is 2.17. The van der Waals surface area contributed by atoms with E-state index in [1.54, 1.807) is 28.4 Å². The second-order valence-electron chi connectivity index (χ2n) is 5.34. The molecule has 1 aromatic carbocycles. The SMILES string of the molecule is CCn1ccc(C(=O)Nc2sccc2C(=O)NCc2ccccc2)n1. The van der Waals surface area contributed by atoms with Crippen molar-refractivity contribution < 1.29 is 9.59 Å². The smallest absolute Gasteiger partial charge is 0.276 e.